The van der Waals surface area contributed by atoms with Crippen LogP contribution in [-0.2, 0) is 4.74 Å². The van der Waals surface area contributed by atoms with E-state index in [0.29, 0.717) is 29.7 Å². The number of carbonyl (C=O) groups excluding carboxylic acids is 1. The first kappa shape index (κ1) is 14.5. The Balaban J connectivity index is 2.71. The predicted molar refractivity (Wildman–Crippen MR) is 74.0 cm³/mol. The fraction of sp³-hybridized carbons (Fsp3) is 0.455. The Kier molecular flexibility index (Phi) is 5.60. The summed E-state index contributed by atoms with van der Waals surface area (Å²) in [6, 6.07) is 0. The van der Waals surface area contributed by atoms with E-state index in [1.165, 1.54) is 16.2 Å². The van der Waals surface area contributed by atoms with Crippen molar-refractivity contribution in [3.05, 3.63) is 17.5 Å². The third kappa shape index (κ3) is 3.71. The molecule has 0 saturated heterocycles. The molecule has 0 aromatic carbocycles. The number of ether oxygens (including phenoxy) is 1. The maximum atomic E-state index is 12.0. The molecule has 0 aliphatic rings. The number of thiazole rings is 1. The normalized spacial score (nSPS) is 10.1. The van der Waals surface area contributed by atoms with E-state index in [0.717, 1.165) is 0 Å². The van der Waals surface area contributed by atoms with Crippen LogP contribution in [-0.4, -0.2) is 49.6 Å². The number of aromatic nitrogens is 1. The molecule has 0 unspecified atom stereocenters. The number of methoxy groups -OCH3 is 1. The van der Waals surface area contributed by atoms with E-state index in [2.05, 4.69) is 16.9 Å². The molecule has 0 fully saturated rings. The van der Waals surface area contributed by atoms with Gasteiger partial charge in [-0.05, 0) is 0 Å². The molecule has 0 radical (unpaired) electrons. The Labute approximate surface area is 110 Å². The molecule has 7 heteroatoms. The largest absolute Gasteiger partial charge is 0.383 e. The standard InChI is InChI=1S/C11H18N4O2S/c1-4-6-15(2)10(16)8-9(12)14-11(18-8)13-5-7-17-3/h4H,1,5-7,12H2,2-3H3,(H,13,14). The molecular weight excluding hydrogens is 252 g/mol. The number of likely N-dealkylation sites (N-methyl/N-ethyl adjacent to an activating group) is 1. The highest BCUT2D eigenvalue weighted by Gasteiger charge is 2.18. The van der Waals surface area contributed by atoms with Crippen molar-refractivity contribution in [1.29, 1.82) is 0 Å². The summed E-state index contributed by atoms with van der Waals surface area (Å²) >= 11 is 1.24. The number of nitrogens with one attached hydrogen (secondary N) is 1. The molecule has 18 heavy (non-hydrogen) atoms. The second-order valence-electron chi connectivity index (χ2n) is 3.63. The monoisotopic (exact) mass is 270 g/mol. The molecular formula is C11H18N4O2S. The zero-order valence-electron chi connectivity index (χ0n) is 10.6. The summed E-state index contributed by atoms with van der Waals surface area (Å²) in [5.41, 5.74) is 5.74. The van der Waals surface area contributed by atoms with Gasteiger partial charge >= 0.3 is 0 Å². The van der Waals surface area contributed by atoms with E-state index in [1.54, 1.807) is 20.2 Å². The zero-order chi connectivity index (χ0) is 13.5. The first-order chi connectivity index (χ1) is 8.60. The van der Waals surface area contributed by atoms with Crippen molar-refractivity contribution >= 4 is 28.2 Å². The van der Waals surface area contributed by atoms with Gasteiger partial charge in [-0.2, -0.15) is 0 Å². The Bertz CT molecular complexity index is 419. The highest BCUT2D eigenvalue weighted by atomic mass is 32.1. The van der Waals surface area contributed by atoms with Crippen molar-refractivity contribution in [2.45, 2.75) is 0 Å². The summed E-state index contributed by atoms with van der Waals surface area (Å²) in [5.74, 6) is 0.102. The number of amides is 1. The summed E-state index contributed by atoms with van der Waals surface area (Å²) in [4.78, 5) is 18.1. The van der Waals surface area contributed by atoms with Gasteiger partial charge in [-0.1, -0.05) is 17.4 Å². The van der Waals surface area contributed by atoms with E-state index in [-0.39, 0.29) is 11.7 Å². The number of rotatable bonds is 7. The average Bonchev–Trinajstić information content (AvgIpc) is 2.70. The Morgan fingerprint density at radius 2 is 2.44 bits per heavy atom. The molecule has 6 nitrogen and oxygen atoms in total. The molecule has 0 saturated carbocycles. The van der Waals surface area contributed by atoms with Crippen molar-refractivity contribution in [2.75, 3.05) is 44.9 Å². The number of carbonyl (C=O) groups is 1. The lowest BCUT2D eigenvalue weighted by Gasteiger charge is -2.13. The molecule has 1 amide bonds. The summed E-state index contributed by atoms with van der Waals surface area (Å²) in [6.45, 7) is 5.26. The molecule has 3 N–H and O–H groups in total. The molecule has 0 bridgehead atoms. The van der Waals surface area contributed by atoms with Gasteiger partial charge in [0.25, 0.3) is 5.91 Å². The van der Waals surface area contributed by atoms with Gasteiger partial charge < -0.3 is 20.7 Å². The van der Waals surface area contributed by atoms with E-state index in [1.807, 2.05) is 0 Å². The summed E-state index contributed by atoms with van der Waals surface area (Å²) in [7, 11) is 3.32. The lowest BCUT2D eigenvalue weighted by molar-refractivity contribution is 0.0815. The van der Waals surface area contributed by atoms with Crippen LogP contribution in [0.5, 0.6) is 0 Å². The van der Waals surface area contributed by atoms with Crippen LogP contribution in [0.2, 0.25) is 0 Å². The van der Waals surface area contributed by atoms with Gasteiger partial charge in [-0.25, -0.2) is 4.98 Å². The van der Waals surface area contributed by atoms with Crippen LogP contribution in [0.1, 0.15) is 9.67 Å². The van der Waals surface area contributed by atoms with Crippen molar-refractivity contribution in [3.63, 3.8) is 0 Å². The summed E-state index contributed by atoms with van der Waals surface area (Å²) in [5, 5.41) is 3.67. The van der Waals surface area contributed by atoms with E-state index in [4.69, 9.17) is 10.5 Å². The number of anilines is 2. The van der Waals surface area contributed by atoms with Crippen LogP contribution < -0.4 is 11.1 Å². The van der Waals surface area contributed by atoms with Gasteiger partial charge in [0.2, 0.25) is 0 Å². The molecule has 1 rings (SSSR count). The second kappa shape index (κ2) is 6.97. The molecule has 0 atom stereocenters. The van der Waals surface area contributed by atoms with Gasteiger partial charge in [0.15, 0.2) is 5.13 Å². The lowest BCUT2D eigenvalue weighted by Crippen LogP contribution is -2.26. The molecule has 100 valence electrons. The molecule has 0 spiro atoms. The van der Waals surface area contributed by atoms with Crippen molar-refractivity contribution in [1.82, 2.24) is 9.88 Å². The second-order valence-corrected chi connectivity index (χ2v) is 4.63. The fourth-order valence-corrected chi connectivity index (χ4v) is 2.18. The van der Waals surface area contributed by atoms with Gasteiger partial charge in [0.1, 0.15) is 10.7 Å². The Morgan fingerprint density at radius 3 is 3.06 bits per heavy atom. The fourth-order valence-electron chi connectivity index (χ4n) is 1.27. The van der Waals surface area contributed by atoms with Crippen LogP contribution >= 0.6 is 11.3 Å². The maximum Gasteiger partial charge on any atom is 0.267 e. The van der Waals surface area contributed by atoms with E-state index in [9.17, 15) is 4.79 Å². The SMILES string of the molecule is C=CCN(C)C(=O)c1sc(NCCOC)nc1N. The van der Waals surface area contributed by atoms with Crippen LogP contribution in [0, 0.1) is 0 Å². The van der Waals surface area contributed by atoms with Crippen LogP contribution in [0.25, 0.3) is 0 Å². The Morgan fingerprint density at radius 1 is 1.72 bits per heavy atom. The highest BCUT2D eigenvalue weighted by molar-refractivity contribution is 7.18. The zero-order valence-corrected chi connectivity index (χ0v) is 11.4. The quantitative estimate of drug-likeness (QED) is 0.571. The predicted octanol–water partition coefficient (Wildman–Crippen LogP) is 1.04. The van der Waals surface area contributed by atoms with Gasteiger partial charge in [-0.15, -0.1) is 6.58 Å². The third-order valence-electron chi connectivity index (χ3n) is 2.18. The number of nitrogens with two attached hydrogens (primary N) is 1. The van der Waals surface area contributed by atoms with Crippen LogP contribution in [0.15, 0.2) is 12.7 Å². The first-order valence-corrected chi connectivity index (χ1v) is 6.27. The van der Waals surface area contributed by atoms with Crippen molar-refractivity contribution in [3.8, 4) is 0 Å². The minimum Gasteiger partial charge on any atom is -0.383 e. The summed E-state index contributed by atoms with van der Waals surface area (Å²) in [6.07, 6.45) is 1.66. The average molecular weight is 270 g/mol. The highest BCUT2D eigenvalue weighted by Crippen LogP contribution is 2.25. The number of hydrogen-bond donors (Lipinski definition) is 2. The van der Waals surface area contributed by atoms with Gasteiger partial charge in [-0.3, -0.25) is 4.79 Å². The van der Waals surface area contributed by atoms with Crippen molar-refractivity contribution in [2.24, 2.45) is 0 Å². The van der Waals surface area contributed by atoms with Gasteiger partial charge in [0, 0.05) is 27.2 Å². The lowest BCUT2D eigenvalue weighted by atomic mass is 10.4. The number of hydrogen-bond acceptors (Lipinski definition) is 6. The maximum absolute atomic E-state index is 12.0. The Hall–Kier alpha value is -1.60. The van der Waals surface area contributed by atoms with Crippen LogP contribution in [0.4, 0.5) is 10.9 Å². The minimum absolute atomic E-state index is 0.148. The van der Waals surface area contributed by atoms with Crippen molar-refractivity contribution < 1.29 is 9.53 Å². The molecule has 0 aliphatic heterocycles. The first-order valence-electron chi connectivity index (χ1n) is 5.45. The molecule has 1 aromatic rings. The van der Waals surface area contributed by atoms with E-state index < -0.39 is 0 Å². The minimum atomic E-state index is -0.148. The van der Waals surface area contributed by atoms with Gasteiger partial charge in [0.05, 0.1) is 6.61 Å². The molecule has 1 aromatic heterocycles. The molecule has 1 heterocycles. The third-order valence-corrected chi connectivity index (χ3v) is 3.20. The summed E-state index contributed by atoms with van der Waals surface area (Å²) < 4.78 is 4.92. The van der Waals surface area contributed by atoms with E-state index >= 15 is 0 Å². The molecule has 0 aliphatic carbocycles. The topological polar surface area (TPSA) is 80.5 Å². The number of nitrogen functional groups attached to an aromatic ring is 1. The smallest absolute Gasteiger partial charge is 0.267 e. The number of nitrogens with zero attached hydrogens (tertiary/aromatic N) is 2. The van der Waals surface area contributed by atoms with Crippen LogP contribution in [0.3, 0.4) is 0 Å².